The van der Waals surface area contributed by atoms with Gasteiger partial charge in [0.2, 0.25) is 0 Å². The molecule has 1 rings (SSSR count). The van der Waals surface area contributed by atoms with E-state index in [-0.39, 0.29) is 40.1 Å². The Balaban J connectivity index is -0.000000149. The first-order valence-electron chi connectivity index (χ1n) is 3.32. The maximum Gasteiger partial charge on any atom is 0 e. The van der Waals surface area contributed by atoms with Crippen molar-refractivity contribution in [1.29, 1.82) is 0 Å². The molecule has 11 heavy (non-hydrogen) atoms. The number of benzene rings is 1. The minimum absolute atomic E-state index is 0. The van der Waals surface area contributed by atoms with Gasteiger partial charge in [0.15, 0.2) is 0 Å². The molecular weight excluding hydrogens is 209 g/mol. The van der Waals surface area contributed by atoms with E-state index < -0.39 is 0 Å². The summed E-state index contributed by atoms with van der Waals surface area (Å²) in [6, 6.07) is 10.8. The largest absolute Gasteiger partial charge is 0.358 e. The van der Waals surface area contributed by atoms with Crippen LogP contribution in [0.1, 0.15) is 19.4 Å². The van der Waals surface area contributed by atoms with Crippen molar-refractivity contribution in [3.05, 3.63) is 43.3 Å². The maximum atomic E-state index is 2.96. The molecule has 0 aliphatic heterocycles. The van der Waals surface area contributed by atoms with Gasteiger partial charge >= 0.3 is 0 Å². The summed E-state index contributed by atoms with van der Waals surface area (Å²) in [4.78, 5) is 0. The van der Waals surface area contributed by atoms with Crippen molar-refractivity contribution < 1.29 is 32.7 Å². The standard InChI is InChI=1S/C7H7.C2H6.CH3.Y/c1-7-5-3-2-4-6-7;1-2;;/h2-3,5-6H,1H3;1-2H3;1H3;/q-1;;-1;. The summed E-state index contributed by atoms with van der Waals surface area (Å²) in [7, 11) is 0. The molecule has 0 aliphatic rings. The molecule has 0 fully saturated rings. The second-order valence-corrected chi connectivity index (χ2v) is 1.58. The van der Waals surface area contributed by atoms with Gasteiger partial charge in [0.05, 0.1) is 0 Å². The molecule has 0 saturated heterocycles. The maximum absolute atomic E-state index is 2.96. The summed E-state index contributed by atoms with van der Waals surface area (Å²) in [6.07, 6.45) is 0. The van der Waals surface area contributed by atoms with Gasteiger partial charge in [-0.25, -0.2) is 0 Å². The molecule has 61 valence electrons. The van der Waals surface area contributed by atoms with E-state index in [2.05, 4.69) is 19.1 Å². The third-order valence-electron chi connectivity index (χ3n) is 0.863. The summed E-state index contributed by atoms with van der Waals surface area (Å²) >= 11 is 0. The summed E-state index contributed by atoms with van der Waals surface area (Å²) < 4.78 is 0. The molecule has 0 nitrogen and oxygen atoms in total. The van der Waals surface area contributed by atoms with E-state index in [0.29, 0.717) is 0 Å². The van der Waals surface area contributed by atoms with Gasteiger partial charge in [-0.2, -0.15) is 35.9 Å². The third kappa shape index (κ3) is 10.3. The Hall–Kier alpha value is 0.324. The third-order valence-corrected chi connectivity index (χ3v) is 0.863. The van der Waals surface area contributed by atoms with Crippen molar-refractivity contribution in [3.63, 3.8) is 0 Å². The molecule has 1 radical (unpaired) electrons. The summed E-state index contributed by atoms with van der Waals surface area (Å²) in [5.41, 5.74) is 1.27. The van der Waals surface area contributed by atoms with Crippen LogP contribution in [0.4, 0.5) is 0 Å². The Bertz CT molecular complexity index is 135. The van der Waals surface area contributed by atoms with E-state index in [1.807, 2.05) is 32.0 Å². The predicted octanol–water partition coefficient (Wildman–Crippen LogP) is 3.27. The number of hydrogen-bond acceptors (Lipinski definition) is 0. The zero-order chi connectivity index (χ0) is 7.11. The van der Waals surface area contributed by atoms with E-state index >= 15 is 0 Å². The Morgan fingerprint density at radius 1 is 1.27 bits per heavy atom. The molecule has 0 aliphatic carbocycles. The van der Waals surface area contributed by atoms with E-state index in [0.717, 1.165) is 0 Å². The fraction of sp³-hybridized carbons (Fsp3) is 0.300. The molecule has 0 N–H and O–H groups in total. The molecule has 0 heterocycles. The SMILES string of the molecule is CC.Cc1c[c-]ccc1.[CH3-].[Y]. The number of hydrogen-bond donors (Lipinski definition) is 0. The zero-order valence-electron chi connectivity index (χ0n) is 7.89. The molecule has 1 aromatic rings. The minimum Gasteiger partial charge on any atom is -0.358 e. The second kappa shape index (κ2) is 13.0. The summed E-state index contributed by atoms with van der Waals surface area (Å²) in [6.45, 7) is 6.05. The van der Waals surface area contributed by atoms with Gasteiger partial charge in [-0.3, -0.25) is 0 Å². The molecule has 0 spiro atoms. The smallest absolute Gasteiger partial charge is 0 e. The molecule has 0 aromatic heterocycles. The minimum atomic E-state index is 0. The Labute approximate surface area is 96.3 Å². The van der Waals surface area contributed by atoms with Gasteiger partial charge in [-0.05, 0) is 0 Å². The van der Waals surface area contributed by atoms with Gasteiger partial charge in [0, 0.05) is 32.7 Å². The van der Waals surface area contributed by atoms with Crippen LogP contribution in [0.5, 0.6) is 0 Å². The molecule has 0 saturated carbocycles. The van der Waals surface area contributed by atoms with Crippen LogP contribution in [0, 0.1) is 20.4 Å². The second-order valence-electron chi connectivity index (χ2n) is 1.58. The molecule has 0 bridgehead atoms. The number of rotatable bonds is 0. The molecule has 0 unspecified atom stereocenters. The fourth-order valence-electron chi connectivity index (χ4n) is 0.483. The van der Waals surface area contributed by atoms with E-state index in [1.54, 1.807) is 0 Å². The van der Waals surface area contributed by atoms with Crippen molar-refractivity contribution >= 4 is 0 Å². The molecule has 1 heteroatoms. The molecule has 0 amide bonds. The van der Waals surface area contributed by atoms with Crippen molar-refractivity contribution in [2.45, 2.75) is 20.8 Å². The Morgan fingerprint density at radius 3 is 2.00 bits per heavy atom. The van der Waals surface area contributed by atoms with Crippen molar-refractivity contribution in [1.82, 2.24) is 0 Å². The first-order valence-corrected chi connectivity index (χ1v) is 3.32. The van der Waals surface area contributed by atoms with Crippen LogP contribution >= 0.6 is 0 Å². The monoisotopic (exact) mass is 225 g/mol. The summed E-state index contributed by atoms with van der Waals surface area (Å²) in [5, 5.41) is 0. The first kappa shape index (κ1) is 17.4. The van der Waals surface area contributed by atoms with Gasteiger partial charge in [-0.1, -0.05) is 20.8 Å². The fourth-order valence-corrected chi connectivity index (χ4v) is 0.483. The van der Waals surface area contributed by atoms with Gasteiger partial charge in [0.25, 0.3) is 0 Å². The topological polar surface area (TPSA) is 0 Å². The first-order chi connectivity index (χ1) is 4.39. The Morgan fingerprint density at radius 2 is 1.82 bits per heavy atom. The average Bonchev–Trinajstić information content (AvgIpc) is 1.94. The predicted molar refractivity (Wildman–Crippen MR) is 47.8 cm³/mol. The zero-order valence-corrected chi connectivity index (χ0v) is 10.7. The van der Waals surface area contributed by atoms with Crippen LogP contribution in [0.2, 0.25) is 0 Å². The molecule has 0 atom stereocenters. The van der Waals surface area contributed by atoms with E-state index in [4.69, 9.17) is 0 Å². The van der Waals surface area contributed by atoms with Crippen molar-refractivity contribution in [3.8, 4) is 0 Å². The summed E-state index contributed by atoms with van der Waals surface area (Å²) in [5.74, 6) is 0. The van der Waals surface area contributed by atoms with Crippen LogP contribution in [0.3, 0.4) is 0 Å². The van der Waals surface area contributed by atoms with Crippen LogP contribution < -0.4 is 0 Å². The molecule has 1 aromatic carbocycles. The number of aryl methyl sites for hydroxylation is 1. The van der Waals surface area contributed by atoms with Crippen LogP contribution in [-0.4, -0.2) is 0 Å². The quantitative estimate of drug-likeness (QED) is 0.594. The van der Waals surface area contributed by atoms with Gasteiger partial charge in [0.1, 0.15) is 0 Å². The molecular formula is C10H16Y-2. The van der Waals surface area contributed by atoms with Crippen molar-refractivity contribution in [2.75, 3.05) is 0 Å². The van der Waals surface area contributed by atoms with Crippen LogP contribution in [0.15, 0.2) is 24.3 Å². The van der Waals surface area contributed by atoms with Gasteiger partial charge in [-0.15, -0.1) is 0 Å². The average molecular weight is 225 g/mol. The van der Waals surface area contributed by atoms with Crippen molar-refractivity contribution in [2.24, 2.45) is 0 Å². The van der Waals surface area contributed by atoms with E-state index in [9.17, 15) is 0 Å². The van der Waals surface area contributed by atoms with E-state index in [1.165, 1.54) is 5.56 Å². The van der Waals surface area contributed by atoms with Crippen LogP contribution in [0.25, 0.3) is 0 Å². The van der Waals surface area contributed by atoms with Crippen LogP contribution in [-0.2, 0) is 32.7 Å². The van der Waals surface area contributed by atoms with Gasteiger partial charge < -0.3 is 7.43 Å². The normalized spacial score (nSPS) is 6.09. The Kier molecular flexibility index (Phi) is 20.5.